The number of aromatic nitrogens is 4. The Morgan fingerprint density at radius 1 is 1.07 bits per heavy atom. The molecule has 0 spiro atoms. The highest BCUT2D eigenvalue weighted by Crippen LogP contribution is 2.22. The van der Waals surface area contributed by atoms with Gasteiger partial charge >= 0.3 is 0 Å². The molecule has 1 aliphatic heterocycles. The summed E-state index contributed by atoms with van der Waals surface area (Å²) in [6.07, 6.45) is 5.25. The van der Waals surface area contributed by atoms with Crippen LogP contribution in [0.4, 0.5) is 0 Å². The lowest BCUT2D eigenvalue weighted by Gasteiger charge is -2.22. The van der Waals surface area contributed by atoms with Crippen molar-refractivity contribution < 1.29 is 14.3 Å². The molecule has 5 rings (SSSR count). The minimum atomic E-state index is -0.683. The number of pyridine rings is 1. The lowest BCUT2D eigenvalue weighted by molar-refractivity contribution is -0.122. The normalized spacial score (nSPS) is 18.0. The van der Waals surface area contributed by atoms with E-state index in [1.165, 1.54) is 5.56 Å². The van der Waals surface area contributed by atoms with Gasteiger partial charge in [-0.2, -0.15) is 0 Å². The first kappa shape index (κ1) is 27.3. The zero-order valence-corrected chi connectivity index (χ0v) is 23.0. The van der Waals surface area contributed by atoms with E-state index in [1.54, 1.807) is 13.0 Å². The van der Waals surface area contributed by atoms with Crippen LogP contribution in [0.15, 0.2) is 60.9 Å². The standard InChI is InChI=1S/C30H35N7O3/c1-21-9-10-26-28(17-21)40-16-6-15-37-20-24(34-35-37)19-36(14-5-12-32-29(38)22(2)33-30(26)39)18-23-11-13-31-27-8-4-3-7-25(23)27/h3-4,7-11,13,17,20,22H,5-6,12,14-16,18-19H2,1-2H3,(H,32,38)(H,33,39)/t22-/m1/s1. The molecule has 3 heterocycles. The Bertz CT molecular complexity index is 1480. The summed E-state index contributed by atoms with van der Waals surface area (Å²) >= 11 is 0. The molecule has 0 radical (unpaired) electrons. The number of benzene rings is 2. The van der Waals surface area contributed by atoms with Crippen LogP contribution in [0.25, 0.3) is 10.9 Å². The molecule has 2 amide bonds. The van der Waals surface area contributed by atoms with E-state index in [4.69, 9.17) is 4.74 Å². The molecular formula is C30H35N7O3. The summed E-state index contributed by atoms with van der Waals surface area (Å²) in [6, 6.07) is 14.9. The molecule has 40 heavy (non-hydrogen) atoms. The zero-order valence-electron chi connectivity index (χ0n) is 23.0. The van der Waals surface area contributed by atoms with Gasteiger partial charge in [0.05, 0.1) is 23.4 Å². The van der Waals surface area contributed by atoms with Crippen molar-refractivity contribution in [2.24, 2.45) is 0 Å². The molecule has 10 heteroatoms. The van der Waals surface area contributed by atoms with Gasteiger partial charge in [0, 0.05) is 56.9 Å². The lowest BCUT2D eigenvalue weighted by Crippen LogP contribution is -2.45. The van der Waals surface area contributed by atoms with Crippen molar-refractivity contribution in [1.82, 2.24) is 35.5 Å². The fraction of sp³-hybridized carbons (Fsp3) is 0.367. The molecule has 2 aromatic carbocycles. The van der Waals surface area contributed by atoms with Crippen molar-refractivity contribution in [3.63, 3.8) is 0 Å². The van der Waals surface area contributed by atoms with E-state index in [9.17, 15) is 9.59 Å². The Hall–Kier alpha value is -4.31. The third-order valence-corrected chi connectivity index (χ3v) is 6.97. The molecule has 2 bridgehead atoms. The number of fused-ring (bicyclic) bond motifs is 4. The van der Waals surface area contributed by atoms with Crippen LogP contribution in [-0.4, -0.2) is 62.4 Å². The Morgan fingerprint density at radius 2 is 1.95 bits per heavy atom. The van der Waals surface area contributed by atoms with Crippen molar-refractivity contribution in [2.75, 3.05) is 19.7 Å². The average molecular weight is 542 g/mol. The van der Waals surface area contributed by atoms with Gasteiger partial charge in [-0.1, -0.05) is 29.5 Å². The number of aryl methyl sites for hydroxylation is 2. The second-order valence-corrected chi connectivity index (χ2v) is 10.2. The molecule has 0 fully saturated rings. The van der Waals surface area contributed by atoms with Crippen LogP contribution in [0, 0.1) is 6.92 Å². The highest BCUT2D eigenvalue weighted by molar-refractivity contribution is 5.99. The number of nitrogens with one attached hydrogen (secondary N) is 2. The molecule has 1 aliphatic rings. The predicted molar refractivity (Wildman–Crippen MR) is 152 cm³/mol. The molecule has 0 unspecified atom stereocenters. The number of rotatable bonds is 2. The van der Waals surface area contributed by atoms with Crippen LogP contribution >= 0.6 is 0 Å². The molecule has 0 saturated carbocycles. The highest BCUT2D eigenvalue weighted by Gasteiger charge is 2.20. The zero-order chi connectivity index (χ0) is 27.9. The SMILES string of the molecule is Cc1ccc2c(c1)OCCCn1cc(nn1)CN(Cc1ccnc3ccccc13)CCCNC(=O)[C@@H](C)NC2=O. The fourth-order valence-electron chi connectivity index (χ4n) is 4.85. The number of para-hydroxylation sites is 1. The van der Waals surface area contributed by atoms with E-state index in [-0.39, 0.29) is 11.8 Å². The van der Waals surface area contributed by atoms with E-state index in [2.05, 4.69) is 43.0 Å². The number of hydrogen-bond acceptors (Lipinski definition) is 7. The number of ether oxygens (including phenoxy) is 1. The lowest BCUT2D eigenvalue weighted by atomic mass is 10.1. The van der Waals surface area contributed by atoms with Crippen LogP contribution < -0.4 is 15.4 Å². The van der Waals surface area contributed by atoms with Crippen molar-refractivity contribution >= 4 is 22.7 Å². The molecule has 0 saturated heterocycles. The summed E-state index contributed by atoms with van der Waals surface area (Å²) in [6.45, 7) is 7.25. The number of hydrogen-bond donors (Lipinski definition) is 2. The molecule has 2 aromatic heterocycles. The summed E-state index contributed by atoms with van der Waals surface area (Å²) < 4.78 is 7.83. The summed E-state index contributed by atoms with van der Waals surface area (Å²) in [5.41, 5.74) is 4.42. The number of nitrogens with zero attached hydrogens (tertiary/aromatic N) is 5. The van der Waals surface area contributed by atoms with E-state index in [0.717, 1.165) is 35.1 Å². The van der Waals surface area contributed by atoms with E-state index in [0.29, 0.717) is 50.5 Å². The number of amides is 2. The smallest absolute Gasteiger partial charge is 0.255 e. The third-order valence-electron chi connectivity index (χ3n) is 6.97. The first-order valence-corrected chi connectivity index (χ1v) is 13.7. The Kier molecular flexibility index (Phi) is 8.65. The topological polar surface area (TPSA) is 114 Å². The van der Waals surface area contributed by atoms with Crippen molar-refractivity contribution in [2.45, 2.75) is 52.4 Å². The maximum Gasteiger partial charge on any atom is 0.255 e. The summed E-state index contributed by atoms with van der Waals surface area (Å²) in [7, 11) is 0. The largest absolute Gasteiger partial charge is 0.493 e. The maximum atomic E-state index is 13.0. The van der Waals surface area contributed by atoms with E-state index in [1.807, 2.05) is 54.3 Å². The summed E-state index contributed by atoms with van der Waals surface area (Å²) in [5.74, 6) is -0.0655. The minimum absolute atomic E-state index is 0.226. The molecular weight excluding hydrogens is 506 g/mol. The molecule has 1 atom stereocenters. The summed E-state index contributed by atoms with van der Waals surface area (Å²) in [5, 5.41) is 15.6. The first-order chi connectivity index (χ1) is 19.5. The van der Waals surface area contributed by atoms with Gasteiger partial charge in [-0.15, -0.1) is 5.10 Å². The van der Waals surface area contributed by atoms with Crippen LogP contribution in [0.5, 0.6) is 5.75 Å². The molecule has 10 nitrogen and oxygen atoms in total. The van der Waals surface area contributed by atoms with Gasteiger partial charge in [0.25, 0.3) is 5.91 Å². The number of carbonyl (C=O) groups excluding carboxylic acids is 2. The van der Waals surface area contributed by atoms with Gasteiger partial charge in [-0.25, -0.2) is 0 Å². The van der Waals surface area contributed by atoms with Gasteiger partial charge in [-0.05, 0) is 55.7 Å². The Balaban J connectivity index is 1.34. The molecule has 4 aromatic rings. The quantitative estimate of drug-likeness (QED) is 0.400. The van der Waals surface area contributed by atoms with E-state index < -0.39 is 6.04 Å². The van der Waals surface area contributed by atoms with Gasteiger partial charge in [0.1, 0.15) is 11.8 Å². The van der Waals surface area contributed by atoms with Crippen LogP contribution in [-0.2, 0) is 24.4 Å². The Morgan fingerprint density at radius 3 is 2.85 bits per heavy atom. The fourth-order valence-corrected chi connectivity index (χ4v) is 4.85. The second-order valence-electron chi connectivity index (χ2n) is 10.2. The molecule has 208 valence electrons. The van der Waals surface area contributed by atoms with Gasteiger partial charge in [-0.3, -0.25) is 24.2 Å². The van der Waals surface area contributed by atoms with Gasteiger partial charge in [0.2, 0.25) is 5.91 Å². The van der Waals surface area contributed by atoms with Crippen LogP contribution in [0.1, 0.15) is 46.9 Å². The first-order valence-electron chi connectivity index (χ1n) is 13.7. The minimum Gasteiger partial charge on any atom is -0.493 e. The third kappa shape index (κ3) is 6.81. The predicted octanol–water partition coefficient (Wildman–Crippen LogP) is 3.24. The van der Waals surface area contributed by atoms with Crippen molar-refractivity contribution in [3.05, 3.63) is 83.3 Å². The summed E-state index contributed by atoms with van der Waals surface area (Å²) in [4.78, 5) is 32.6. The van der Waals surface area contributed by atoms with Gasteiger partial charge in [0.15, 0.2) is 0 Å². The van der Waals surface area contributed by atoms with Crippen LogP contribution in [0.2, 0.25) is 0 Å². The van der Waals surface area contributed by atoms with E-state index >= 15 is 0 Å². The second kappa shape index (κ2) is 12.7. The number of carbonyl (C=O) groups is 2. The van der Waals surface area contributed by atoms with Crippen molar-refractivity contribution in [1.29, 1.82) is 0 Å². The maximum absolute atomic E-state index is 13.0. The molecule has 0 aliphatic carbocycles. The Labute approximate surface area is 233 Å². The van der Waals surface area contributed by atoms with Gasteiger partial charge < -0.3 is 15.4 Å². The molecule has 2 N–H and O–H groups in total. The van der Waals surface area contributed by atoms with Crippen molar-refractivity contribution in [3.8, 4) is 5.75 Å². The average Bonchev–Trinajstić information content (AvgIpc) is 3.40. The monoisotopic (exact) mass is 541 g/mol. The highest BCUT2D eigenvalue weighted by atomic mass is 16.5. The van der Waals surface area contributed by atoms with Crippen LogP contribution in [0.3, 0.4) is 0 Å².